The van der Waals surface area contributed by atoms with Crippen LogP contribution in [0.15, 0.2) is 12.2 Å². The number of hydrogen-bond donors (Lipinski definition) is 0. The van der Waals surface area contributed by atoms with E-state index in [4.69, 9.17) is 4.52 Å². The molecule has 2 atom stereocenters. The van der Waals surface area contributed by atoms with E-state index in [0.29, 0.717) is 10.9 Å². The Morgan fingerprint density at radius 1 is 1.44 bits per heavy atom. The average Bonchev–Trinajstić information content (AvgIpc) is 2.14. The van der Waals surface area contributed by atoms with E-state index < -0.39 is 20.0 Å². The standard InChI is InChI=1S/C11H22NO5P/c1-7-8-10(12(4,5)6)16-18(14,15)17-11(13)9(2)3/h10H,2,7-8H2,1,3-6H3. The van der Waals surface area contributed by atoms with Gasteiger partial charge in [0.25, 0.3) is 0 Å². The normalized spacial score (nSPS) is 16.8. The van der Waals surface area contributed by atoms with Gasteiger partial charge in [-0.15, -0.1) is 0 Å². The first-order valence-corrected chi connectivity index (χ1v) is 7.15. The second kappa shape index (κ2) is 6.48. The quantitative estimate of drug-likeness (QED) is 0.305. The van der Waals surface area contributed by atoms with E-state index in [-0.39, 0.29) is 5.57 Å². The molecule has 0 N–H and O–H groups in total. The van der Waals surface area contributed by atoms with E-state index >= 15 is 0 Å². The maximum atomic E-state index is 11.6. The van der Waals surface area contributed by atoms with Crippen LogP contribution in [0.3, 0.4) is 0 Å². The molecule has 0 saturated heterocycles. The first kappa shape index (κ1) is 17.3. The molecule has 2 unspecified atom stereocenters. The lowest BCUT2D eigenvalue weighted by Gasteiger charge is -2.36. The Labute approximate surface area is 108 Å². The molecule has 0 aliphatic carbocycles. The predicted molar refractivity (Wildman–Crippen MR) is 66.3 cm³/mol. The van der Waals surface area contributed by atoms with E-state index in [1.165, 1.54) is 6.92 Å². The molecule has 0 saturated carbocycles. The Balaban J connectivity index is 4.76. The molecule has 0 aliphatic heterocycles. The van der Waals surface area contributed by atoms with E-state index in [0.717, 1.165) is 6.42 Å². The highest BCUT2D eigenvalue weighted by Crippen LogP contribution is 2.42. The smallest absolute Gasteiger partial charge is 0.338 e. The van der Waals surface area contributed by atoms with Crippen LogP contribution in [-0.2, 0) is 18.4 Å². The number of phosphoric ester groups is 1. The van der Waals surface area contributed by atoms with Gasteiger partial charge in [0, 0.05) is 12.0 Å². The second-order valence-electron chi connectivity index (χ2n) is 5.07. The first-order valence-electron chi connectivity index (χ1n) is 5.69. The van der Waals surface area contributed by atoms with Crippen molar-refractivity contribution in [2.45, 2.75) is 32.9 Å². The zero-order valence-electron chi connectivity index (χ0n) is 11.6. The fourth-order valence-corrected chi connectivity index (χ4v) is 2.27. The number of carbonyl (C=O) groups excluding carboxylic acids is 1. The van der Waals surface area contributed by atoms with Gasteiger partial charge in [-0.2, -0.15) is 0 Å². The first-order chi connectivity index (χ1) is 7.99. The molecule has 0 rings (SSSR count). The topological polar surface area (TPSA) is 75.7 Å². The maximum Gasteiger partial charge on any atom is 0.338 e. The van der Waals surface area contributed by atoms with Crippen LogP contribution in [0, 0.1) is 0 Å². The number of nitrogens with zero attached hydrogens (tertiary/aromatic N) is 1. The van der Waals surface area contributed by atoms with Crippen LogP contribution in [0.5, 0.6) is 0 Å². The summed E-state index contributed by atoms with van der Waals surface area (Å²) in [4.78, 5) is 22.8. The minimum absolute atomic E-state index is 0.00645. The number of hydrogen-bond acceptors (Lipinski definition) is 5. The molecule has 0 aromatic carbocycles. The highest BCUT2D eigenvalue weighted by molar-refractivity contribution is 7.46. The minimum Gasteiger partial charge on any atom is -0.746 e. The molecular weight excluding hydrogens is 257 g/mol. The summed E-state index contributed by atoms with van der Waals surface area (Å²) in [5.74, 6) is -0.995. The lowest BCUT2D eigenvalue weighted by Crippen LogP contribution is -2.46. The van der Waals surface area contributed by atoms with Gasteiger partial charge in [0.15, 0.2) is 0 Å². The van der Waals surface area contributed by atoms with Crippen molar-refractivity contribution in [2.75, 3.05) is 21.1 Å². The van der Waals surface area contributed by atoms with Gasteiger partial charge < -0.3 is 13.9 Å². The lowest BCUT2D eigenvalue weighted by molar-refractivity contribution is -0.916. The summed E-state index contributed by atoms with van der Waals surface area (Å²) in [6, 6.07) is 0. The zero-order valence-corrected chi connectivity index (χ0v) is 12.5. The Morgan fingerprint density at radius 3 is 2.28 bits per heavy atom. The van der Waals surface area contributed by atoms with Crippen molar-refractivity contribution in [3.8, 4) is 0 Å². The van der Waals surface area contributed by atoms with Crippen molar-refractivity contribution in [1.82, 2.24) is 0 Å². The SMILES string of the molecule is C=C(C)C(=O)OP(=O)([O-])OC(CCC)[N+](C)(C)C. The van der Waals surface area contributed by atoms with Gasteiger partial charge in [-0.25, -0.2) is 4.79 Å². The van der Waals surface area contributed by atoms with Crippen LogP contribution < -0.4 is 4.89 Å². The summed E-state index contributed by atoms with van der Waals surface area (Å²) in [7, 11) is 0.759. The largest absolute Gasteiger partial charge is 0.746 e. The molecule has 0 heterocycles. The minimum atomic E-state index is -4.66. The third kappa shape index (κ3) is 6.31. The van der Waals surface area contributed by atoms with E-state index in [1.807, 2.05) is 6.92 Å². The lowest BCUT2D eigenvalue weighted by atomic mass is 10.3. The van der Waals surface area contributed by atoms with Gasteiger partial charge in [-0.1, -0.05) is 13.5 Å². The molecule has 0 aromatic heterocycles. The molecule has 0 bridgehead atoms. The van der Waals surface area contributed by atoms with Crippen molar-refractivity contribution in [1.29, 1.82) is 0 Å². The molecule has 0 aliphatic rings. The summed E-state index contributed by atoms with van der Waals surface area (Å²) >= 11 is 0. The molecule has 18 heavy (non-hydrogen) atoms. The fourth-order valence-electron chi connectivity index (χ4n) is 1.18. The van der Waals surface area contributed by atoms with Gasteiger partial charge in [-0.3, -0.25) is 9.09 Å². The van der Waals surface area contributed by atoms with Crippen molar-refractivity contribution in [3.05, 3.63) is 12.2 Å². The van der Waals surface area contributed by atoms with Crippen LogP contribution in [0.25, 0.3) is 0 Å². The fraction of sp³-hybridized carbons (Fsp3) is 0.727. The molecule has 0 radical (unpaired) electrons. The van der Waals surface area contributed by atoms with Gasteiger partial charge in [-0.05, 0) is 13.3 Å². The number of quaternary nitrogens is 1. The van der Waals surface area contributed by atoms with Gasteiger partial charge in [0.05, 0.1) is 21.1 Å². The van der Waals surface area contributed by atoms with E-state index in [2.05, 4.69) is 11.1 Å². The predicted octanol–water partition coefficient (Wildman–Crippen LogP) is 1.42. The maximum absolute atomic E-state index is 11.6. The molecule has 7 heteroatoms. The Hall–Kier alpha value is -0.680. The highest BCUT2D eigenvalue weighted by atomic mass is 31.2. The molecule has 106 valence electrons. The Morgan fingerprint density at radius 2 is 1.94 bits per heavy atom. The summed E-state index contributed by atoms with van der Waals surface area (Å²) in [6.07, 6.45) is 0.714. The van der Waals surface area contributed by atoms with E-state index in [9.17, 15) is 14.3 Å². The van der Waals surface area contributed by atoms with Crippen LogP contribution in [0.4, 0.5) is 0 Å². The van der Waals surface area contributed by atoms with Crippen molar-refractivity contribution >= 4 is 13.8 Å². The van der Waals surface area contributed by atoms with Gasteiger partial charge >= 0.3 is 13.8 Å². The molecule has 0 fully saturated rings. The summed E-state index contributed by atoms with van der Waals surface area (Å²) in [5, 5.41) is 0. The van der Waals surface area contributed by atoms with Gasteiger partial charge in [0.1, 0.15) is 0 Å². The average molecular weight is 279 g/mol. The number of phosphoric acid groups is 1. The third-order valence-corrected chi connectivity index (χ3v) is 3.08. The highest BCUT2D eigenvalue weighted by Gasteiger charge is 2.30. The third-order valence-electron chi connectivity index (χ3n) is 2.19. The summed E-state index contributed by atoms with van der Waals surface area (Å²) < 4.78 is 21.1. The Bertz CT molecular complexity index is 361. The molecule has 6 nitrogen and oxygen atoms in total. The summed E-state index contributed by atoms with van der Waals surface area (Å²) in [6.45, 7) is 6.59. The van der Waals surface area contributed by atoms with Crippen LogP contribution in [0.1, 0.15) is 26.7 Å². The molecule has 0 aromatic rings. The number of carbonyl (C=O) groups is 1. The van der Waals surface area contributed by atoms with Crippen LogP contribution in [-0.4, -0.2) is 37.8 Å². The Kier molecular flexibility index (Phi) is 6.23. The van der Waals surface area contributed by atoms with Crippen LogP contribution >= 0.6 is 7.82 Å². The monoisotopic (exact) mass is 279 g/mol. The zero-order chi connectivity index (χ0) is 14.6. The number of rotatable bonds is 7. The van der Waals surface area contributed by atoms with Crippen molar-refractivity contribution in [2.24, 2.45) is 0 Å². The van der Waals surface area contributed by atoms with Crippen LogP contribution in [0.2, 0.25) is 0 Å². The van der Waals surface area contributed by atoms with Crippen molar-refractivity contribution < 1.29 is 27.8 Å². The second-order valence-corrected chi connectivity index (χ2v) is 6.36. The molecule has 0 amide bonds. The molecule has 0 spiro atoms. The van der Waals surface area contributed by atoms with Gasteiger partial charge in [0.2, 0.25) is 6.23 Å². The summed E-state index contributed by atoms with van der Waals surface area (Å²) in [5.41, 5.74) is 0.00645. The van der Waals surface area contributed by atoms with E-state index in [1.54, 1.807) is 21.1 Å². The molecular formula is C11H22NO5P. The van der Waals surface area contributed by atoms with Crippen molar-refractivity contribution in [3.63, 3.8) is 0 Å².